The van der Waals surface area contributed by atoms with Gasteiger partial charge in [0.1, 0.15) is 11.5 Å². The van der Waals surface area contributed by atoms with Gasteiger partial charge in [0.05, 0.1) is 11.8 Å². The normalized spacial score (nSPS) is 24.0. The molecule has 134 valence electrons. The molecular formula is C21H23N3O2. The highest BCUT2D eigenvalue weighted by molar-refractivity contribution is 6.02. The number of fused-ring (bicyclic) bond motifs is 4. The summed E-state index contributed by atoms with van der Waals surface area (Å²) < 4.78 is 6.57. The predicted molar refractivity (Wildman–Crippen MR) is 100 cm³/mol. The summed E-state index contributed by atoms with van der Waals surface area (Å²) in [5.41, 5.74) is 2.84. The SMILES string of the molecule is CN1CCC2(CC1)Oc1ccccc1C1CC(c3cccc(O)c3)=NN12. The van der Waals surface area contributed by atoms with Crippen LogP contribution in [0, 0.1) is 0 Å². The Hall–Kier alpha value is -2.53. The first-order valence-electron chi connectivity index (χ1n) is 9.27. The van der Waals surface area contributed by atoms with Gasteiger partial charge in [-0.3, -0.25) is 0 Å². The van der Waals surface area contributed by atoms with E-state index in [1.54, 1.807) is 12.1 Å². The Labute approximate surface area is 153 Å². The van der Waals surface area contributed by atoms with E-state index < -0.39 is 0 Å². The fraction of sp³-hybridized carbons (Fsp3) is 0.381. The standard InChI is InChI=1S/C21H23N3O2/c1-23-11-9-21(10-12-23)24-19(17-7-2-3-8-20(17)26-21)14-18(22-24)15-5-4-6-16(25)13-15/h2-8,13,19,25H,9-12,14H2,1H3. The van der Waals surface area contributed by atoms with E-state index >= 15 is 0 Å². The number of nitrogens with zero attached hydrogens (tertiary/aromatic N) is 3. The van der Waals surface area contributed by atoms with Crippen LogP contribution in [0.5, 0.6) is 11.5 Å². The molecule has 1 N–H and O–H groups in total. The largest absolute Gasteiger partial charge is 0.508 e. The summed E-state index contributed by atoms with van der Waals surface area (Å²) in [5, 5.41) is 17.1. The van der Waals surface area contributed by atoms with Crippen molar-refractivity contribution in [1.29, 1.82) is 0 Å². The Morgan fingerprint density at radius 2 is 1.92 bits per heavy atom. The minimum absolute atomic E-state index is 0.195. The van der Waals surface area contributed by atoms with Crippen LogP contribution in [0.25, 0.3) is 0 Å². The number of rotatable bonds is 1. The lowest BCUT2D eigenvalue weighted by Gasteiger charge is -2.50. The minimum Gasteiger partial charge on any atom is -0.508 e. The van der Waals surface area contributed by atoms with Crippen LogP contribution in [0.15, 0.2) is 53.6 Å². The zero-order valence-electron chi connectivity index (χ0n) is 14.9. The average molecular weight is 349 g/mol. The molecule has 5 rings (SSSR count). The van der Waals surface area contributed by atoms with Gasteiger partial charge in [0, 0.05) is 43.5 Å². The number of hydrazone groups is 1. The van der Waals surface area contributed by atoms with Crippen LogP contribution in [0.3, 0.4) is 0 Å². The van der Waals surface area contributed by atoms with Gasteiger partial charge in [0.25, 0.3) is 0 Å². The van der Waals surface area contributed by atoms with Crippen molar-refractivity contribution in [1.82, 2.24) is 9.91 Å². The smallest absolute Gasteiger partial charge is 0.200 e. The summed E-state index contributed by atoms with van der Waals surface area (Å²) in [5.74, 6) is 1.27. The summed E-state index contributed by atoms with van der Waals surface area (Å²) in [6, 6.07) is 15.9. The van der Waals surface area contributed by atoms with Crippen LogP contribution in [-0.2, 0) is 0 Å². The van der Waals surface area contributed by atoms with Crippen LogP contribution in [0.2, 0.25) is 0 Å². The molecule has 3 aliphatic rings. The highest BCUT2D eigenvalue weighted by Gasteiger charge is 2.51. The van der Waals surface area contributed by atoms with E-state index in [1.807, 2.05) is 18.2 Å². The maximum atomic E-state index is 9.86. The van der Waals surface area contributed by atoms with E-state index in [-0.39, 0.29) is 17.5 Å². The number of hydrogen-bond acceptors (Lipinski definition) is 5. The first-order valence-corrected chi connectivity index (χ1v) is 9.27. The van der Waals surface area contributed by atoms with Crippen molar-refractivity contribution in [3.63, 3.8) is 0 Å². The third-order valence-corrected chi connectivity index (χ3v) is 5.85. The molecule has 1 saturated heterocycles. The molecule has 1 unspecified atom stereocenters. The second-order valence-corrected chi connectivity index (χ2v) is 7.55. The summed E-state index contributed by atoms with van der Waals surface area (Å²) in [6.45, 7) is 2.00. The first kappa shape index (κ1) is 15.7. The van der Waals surface area contributed by atoms with E-state index in [0.29, 0.717) is 0 Å². The molecule has 0 radical (unpaired) electrons. The first-order chi connectivity index (χ1) is 12.6. The summed E-state index contributed by atoms with van der Waals surface area (Å²) in [6.07, 6.45) is 2.71. The molecule has 0 amide bonds. The molecule has 26 heavy (non-hydrogen) atoms. The van der Waals surface area contributed by atoms with E-state index in [2.05, 4.69) is 35.2 Å². The molecular weight excluding hydrogens is 326 g/mol. The summed E-state index contributed by atoms with van der Waals surface area (Å²) >= 11 is 0. The van der Waals surface area contributed by atoms with E-state index in [9.17, 15) is 5.11 Å². The van der Waals surface area contributed by atoms with Gasteiger partial charge in [0.2, 0.25) is 5.72 Å². The van der Waals surface area contributed by atoms with Crippen molar-refractivity contribution in [2.24, 2.45) is 5.10 Å². The lowest BCUT2D eigenvalue weighted by Crippen LogP contribution is -2.58. The number of para-hydroxylation sites is 1. The topological polar surface area (TPSA) is 48.3 Å². The molecule has 3 heterocycles. The van der Waals surface area contributed by atoms with E-state index in [0.717, 1.165) is 49.4 Å². The van der Waals surface area contributed by atoms with Gasteiger partial charge < -0.3 is 14.7 Å². The average Bonchev–Trinajstić information content (AvgIpc) is 3.11. The van der Waals surface area contributed by atoms with Gasteiger partial charge in [-0.2, -0.15) is 5.10 Å². The third-order valence-electron chi connectivity index (χ3n) is 5.85. The molecule has 0 aromatic heterocycles. The lowest BCUT2D eigenvalue weighted by molar-refractivity contribution is -0.147. The number of hydrogen-bond donors (Lipinski definition) is 1. The van der Waals surface area contributed by atoms with Crippen LogP contribution in [0.4, 0.5) is 0 Å². The van der Waals surface area contributed by atoms with E-state index in [4.69, 9.17) is 9.84 Å². The fourth-order valence-electron chi connectivity index (χ4n) is 4.39. The maximum absolute atomic E-state index is 9.86. The molecule has 1 atom stereocenters. The Morgan fingerprint density at radius 3 is 2.73 bits per heavy atom. The van der Waals surface area contributed by atoms with Crippen molar-refractivity contribution in [2.75, 3.05) is 20.1 Å². The van der Waals surface area contributed by atoms with Crippen molar-refractivity contribution < 1.29 is 9.84 Å². The van der Waals surface area contributed by atoms with Gasteiger partial charge in [0.15, 0.2) is 0 Å². The summed E-state index contributed by atoms with van der Waals surface area (Å²) in [4.78, 5) is 2.35. The molecule has 0 bridgehead atoms. The highest BCUT2D eigenvalue weighted by Crippen LogP contribution is 2.49. The monoisotopic (exact) mass is 349 g/mol. The molecule has 0 aliphatic carbocycles. The highest BCUT2D eigenvalue weighted by atomic mass is 16.5. The Morgan fingerprint density at radius 1 is 1.12 bits per heavy atom. The van der Waals surface area contributed by atoms with Crippen LogP contribution in [0.1, 0.15) is 36.4 Å². The van der Waals surface area contributed by atoms with Crippen molar-refractivity contribution in [3.8, 4) is 11.5 Å². The van der Waals surface area contributed by atoms with Gasteiger partial charge in [-0.15, -0.1) is 0 Å². The minimum atomic E-state index is -0.371. The van der Waals surface area contributed by atoms with Crippen molar-refractivity contribution in [3.05, 3.63) is 59.7 Å². The number of likely N-dealkylation sites (tertiary alicyclic amines) is 1. The molecule has 3 aliphatic heterocycles. The fourth-order valence-corrected chi connectivity index (χ4v) is 4.39. The number of benzene rings is 2. The van der Waals surface area contributed by atoms with Gasteiger partial charge in [-0.05, 0) is 25.2 Å². The zero-order chi connectivity index (χ0) is 17.7. The number of aromatic hydroxyl groups is 1. The third kappa shape index (κ3) is 2.38. The predicted octanol–water partition coefficient (Wildman–Crippen LogP) is 3.36. The van der Waals surface area contributed by atoms with Gasteiger partial charge >= 0.3 is 0 Å². The van der Waals surface area contributed by atoms with Gasteiger partial charge in [-0.25, -0.2) is 5.01 Å². The number of phenols is 1. The molecule has 2 aromatic carbocycles. The van der Waals surface area contributed by atoms with Gasteiger partial charge in [-0.1, -0.05) is 30.3 Å². The number of phenolic OH excluding ortho intramolecular Hbond substituents is 1. The second kappa shape index (κ2) is 5.74. The van der Waals surface area contributed by atoms with Crippen molar-refractivity contribution >= 4 is 5.71 Å². The number of ether oxygens (including phenoxy) is 1. The second-order valence-electron chi connectivity index (χ2n) is 7.55. The van der Waals surface area contributed by atoms with Crippen molar-refractivity contribution in [2.45, 2.75) is 31.0 Å². The molecule has 0 saturated carbocycles. The Balaban J connectivity index is 1.58. The van der Waals surface area contributed by atoms with Crippen LogP contribution >= 0.6 is 0 Å². The summed E-state index contributed by atoms with van der Waals surface area (Å²) in [7, 11) is 2.16. The zero-order valence-corrected chi connectivity index (χ0v) is 14.9. The Kier molecular flexibility index (Phi) is 3.47. The van der Waals surface area contributed by atoms with E-state index in [1.165, 1.54) is 5.56 Å². The lowest BCUT2D eigenvalue weighted by atomic mass is 9.91. The maximum Gasteiger partial charge on any atom is 0.200 e. The van der Waals surface area contributed by atoms with Crippen LogP contribution < -0.4 is 4.74 Å². The quantitative estimate of drug-likeness (QED) is 0.858. The molecule has 1 spiro atoms. The molecule has 5 nitrogen and oxygen atoms in total. The molecule has 1 fully saturated rings. The number of piperidine rings is 1. The molecule has 2 aromatic rings. The molecule has 5 heteroatoms. The Bertz CT molecular complexity index is 871. The van der Waals surface area contributed by atoms with Crippen LogP contribution in [-0.4, -0.2) is 46.6 Å².